The van der Waals surface area contributed by atoms with Crippen molar-refractivity contribution in [2.24, 2.45) is 0 Å². The van der Waals surface area contributed by atoms with Gasteiger partial charge in [-0.2, -0.15) is 0 Å². The predicted molar refractivity (Wildman–Crippen MR) is 267 cm³/mol. The Morgan fingerprint density at radius 3 is 1.10 bits per heavy atom. The van der Waals surface area contributed by atoms with Gasteiger partial charge in [-0.15, -0.1) is 0 Å². The zero-order valence-electron chi connectivity index (χ0n) is 40.2. The van der Waals surface area contributed by atoms with E-state index in [1.165, 1.54) is 199 Å². The largest absolute Gasteiger partial charge is 0.394 e. The van der Waals surface area contributed by atoms with Crippen LogP contribution in [0.2, 0.25) is 0 Å². The molecular weight excluding hydrogens is 735 g/mol. The summed E-state index contributed by atoms with van der Waals surface area (Å²) in [6, 6.07) is -0.623. The molecule has 3 N–H and O–H groups in total. The van der Waals surface area contributed by atoms with Gasteiger partial charge in [-0.25, -0.2) is 0 Å². The molecule has 0 heterocycles. The van der Waals surface area contributed by atoms with Crippen LogP contribution in [-0.2, 0) is 4.79 Å². The van der Waals surface area contributed by atoms with Crippen LogP contribution in [0, 0.1) is 0 Å². The van der Waals surface area contributed by atoms with E-state index in [9.17, 15) is 15.0 Å². The number of hydrogen-bond donors (Lipinski definition) is 3. The third kappa shape index (κ3) is 47.1. The molecule has 2 atom stereocenters. The lowest BCUT2D eigenvalue weighted by molar-refractivity contribution is -0.123. The van der Waals surface area contributed by atoms with Crippen molar-refractivity contribution in [2.45, 2.75) is 283 Å². The summed E-state index contributed by atoms with van der Waals surface area (Å²) in [7, 11) is 0. The van der Waals surface area contributed by atoms with Crippen LogP contribution in [0.1, 0.15) is 271 Å². The van der Waals surface area contributed by atoms with Crippen molar-refractivity contribution in [3.05, 3.63) is 60.8 Å². The van der Waals surface area contributed by atoms with E-state index in [4.69, 9.17) is 0 Å². The molecule has 0 aromatic carbocycles. The fourth-order valence-electron chi connectivity index (χ4n) is 7.99. The number of aliphatic hydroxyl groups excluding tert-OH is 2. The molecule has 4 heteroatoms. The van der Waals surface area contributed by atoms with Crippen LogP contribution in [0.15, 0.2) is 60.8 Å². The van der Waals surface area contributed by atoms with Gasteiger partial charge in [0.2, 0.25) is 5.91 Å². The first-order chi connectivity index (χ1) is 29.7. The molecule has 0 rings (SSSR count). The summed E-state index contributed by atoms with van der Waals surface area (Å²) >= 11 is 0. The van der Waals surface area contributed by atoms with E-state index in [0.29, 0.717) is 6.42 Å². The highest BCUT2D eigenvalue weighted by Gasteiger charge is 2.18. The second-order valence-electron chi connectivity index (χ2n) is 17.9. The number of amides is 1. The van der Waals surface area contributed by atoms with Gasteiger partial charge in [0.15, 0.2) is 0 Å². The van der Waals surface area contributed by atoms with Crippen molar-refractivity contribution >= 4 is 5.91 Å². The lowest BCUT2D eigenvalue weighted by atomic mass is 10.0. The molecule has 60 heavy (non-hydrogen) atoms. The van der Waals surface area contributed by atoms with Gasteiger partial charge in [0.25, 0.3) is 0 Å². The Balaban J connectivity index is 3.50. The summed E-state index contributed by atoms with van der Waals surface area (Å²) in [4.78, 5) is 12.5. The van der Waals surface area contributed by atoms with Crippen LogP contribution in [0.4, 0.5) is 0 Å². The van der Waals surface area contributed by atoms with E-state index in [1.807, 2.05) is 6.08 Å². The van der Waals surface area contributed by atoms with Crippen LogP contribution in [0.3, 0.4) is 0 Å². The van der Waals surface area contributed by atoms with Crippen molar-refractivity contribution in [1.29, 1.82) is 0 Å². The molecule has 2 unspecified atom stereocenters. The Bertz CT molecular complexity index is 996. The number of unbranched alkanes of at least 4 members (excludes halogenated alkanes) is 33. The molecule has 0 aliphatic heterocycles. The van der Waals surface area contributed by atoms with E-state index in [1.54, 1.807) is 6.08 Å². The predicted octanol–water partition coefficient (Wildman–Crippen LogP) is 17.2. The van der Waals surface area contributed by atoms with Crippen LogP contribution >= 0.6 is 0 Å². The molecule has 0 aliphatic rings. The summed E-state index contributed by atoms with van der Waals surface area (Å²) in [5.41, 5.74) is 0. The van der Waals surface area contributed by atoms with Gasteiger partial charge in [0, 0.05) is 6.42 Å². The lowest BCUT2D eigenvalue weighted by Crippen LogP contribution is -2.45. The van der Waals surface area contributed by atoms with Crippen molar-refractivity contribution in [1.82, 2.24) is 5.32 Å². The molecule has 0 radical (unpaired) electrons. The minimum Gasteiger partial charge on any atom is -0.394 e. The smallest absolute Gasteiger partial charge is 0.220 e. The summed E-state index contributed by atoms with van der Waals surface area (Å²) < 4.78 is 0. The first-order valence-electron chi connectivity index (χ1n) is 26.5. The molecule has 4 nitrogen and oxygen atoms in total. The molecule has 0 saturated heterocycles. The maximum atomic E-state index is 12.5. The third-order valence-corrected chi connectivity index (χ3v) is 12.0. The first-order valence-corrected chi connectivity index (χ1v) is 26.5. The highest BCUT2D eigenvalue weighted by atomic mass is 16.3. The number of allylic oxidation sites excluding steroid dienone is 9. The Kier molecular flexibility index (Phi) is 49.8. The summed E-state index contributed by atoms with van der Waals surface area (Å²) in [6.07, 6.45) is 72.2. The quantitative estimate of drug-likeness (QED) is 0.0422. The average molecular weight is 838 g/mol. The first kappa shape index (κ1) is 58.1. The molecule has 0 saturated carbocycles. The number of carbonyl (C=O) groups is 1. The molecule has 0 aromatic rings. The monoisotopic (exact) mass is 838 g/mol. The van der Waals surface area contributed by atoms with Gasteiger partial charge < -0.3 is 15.5 Å². The molecular formula is C56H103NO3. The van der Waals surface area contributed by atoms with E-state index in [0.717, 1.165) is 51.4 Å². The Hall–Kier alpha value is -1.91. The molecule has 0 fully saturated rings. The SMILES string of the molecule is CC/C=C\C/C=C\C/C=C\C/C=C\CCCCCCCCCCCCCCCCCCC(=O)NC(CO)C(O)/C=C/CCCCCCCCCCCCCCCCCCC. The average Bonchev–Trinajstić information content (AvgIpc) is 3.25. The fraction of sp³-hybridized carbons (Fsp3) is 0.804. The third-order valence-electron chi connectivity index (χ3n) is 12.0. The maximum absolute atomic E-state index is 12.5. The highest BCUT2D eigenvalue weighted by molar-refractivity contribution is 5.76. The zero-order chi connectivity index (χ0) is 43.5. The molecule has 0 bridgehead atoms. The minimum atomic E-state index is -0.840. The Morgan fingerprint density at radius 2 is 0.733 bits per heavy atom. The Labute approximate surface area is 375 Å². The molecule has 0 aromatic heterocycles. The Morgan fingerprint density at radius 1 is 0.417 bits per heavy atom. The van der Waals surface area contributed by atoms with Crippen LogP contribution < -0.4 is 5.32 Å². The van der Waals surface area contributed by atoms with Crippen molar-refractivity contribution in [3.63, 3.8) is 0 Å². The van der Waals surface area contributed by atoms with Gasteiger partial charge in [0.05, 0.1) is 18.8 Å². The van der Waals surface area contributed by atoms with Gasteiger partial charge in [-0.05, 0) is 57.8 Å². The van der Waals surface area contributed by atoms with Crippen LogP contribution in [-0.4, -0.2) is 34.9 Å². The summed E-state index contributed by atoms with van der Waals surface area (Å²) in [5, 5.41) is 23.1. The molecule has 0 spiro atoms. The molecule has 1 amide bonds. The number of hydrogen-bond acceptors (Lipinski definition) is 3. The van der Waals surface area contributed by atoms with Crippen molar-refractivity contribution in [2.75, 3.05) is 6.61 Å². The topological polar surface area (TPSA) is 69.6 Å². The van der Waals surface area contributed by atoms with E-state index in [-0.39, 0.29) is 12.5 Å². The van der Waals surface area contributed by atoms with Crippen molar-refractivity contribution in [3.8, 4) is 0 Å². The minimum absolute atomic E-state index is 0.0626. The van der Waals surface area contributed by atoms with E-state index < -0.39 is 12.1 Å². The summed E-state index contributed by atoms with van der Waals surface area (Å²) in [5.74, 6) is -0.0626. The van der Waals surface area contributed by atoms with Gasteiger partial charge in [-0.1, -0.05) is 267 Å². The zero-order valence-corrected chi connectivity index (χ0v) is 40.2. The lowest BCUT2D eigenvalue weighted by Gasteiger charge is -2.20. The second-order valence-corrected chi connectivity index (χ2v) is 17.9. The van der Waals surface area contributed by atoms with Crippen LogP contribution in [0.5, 0.6) is 0 Å². The summed E-state index contributed by atoms with van der Waals surface area (Å²) in [6.45, 7) is 4.22. The standard InChI is InChI=1S/C56H103NO3/c1-3-5-7-9-11-13-15-17-19-21-23-24-25-26-27-28-29-30-31-32-34-36-38-40-42-44-46-48-50-52-56(60)57-54(53-58)55(59)51-49-47-45-43-41-39-37-35-33-22-20-18-16-14-12-10-8-6-4-2/h5,7,11,13,17,19,23-24,49,51,54-55,58-59H,3-4,6,8-10,12,14-16,18,20-22,25-48,50,52-53H2,1-2H3,(H,57,60)/b7-5-,13-11-,19-17-,24-23-,51-49+. The van der Waals surface area contributed by atoms with Gasteiger partial charge in [-0.3, -0.25) is 4.79 Å². The highest BCUT2D eigenvalue weighted by Crippen LogP contribution is 2.16. The fourth-order valence-corrected chi connectivity index (χ4v) is 7.99. The van der Waals surface area contributed by atoms with Crippen LogP contribution in [0.25, 0.3) is 0 Å². The number of aliphatic hydroxyl groups is 2. The normalized spacial score (nSPS) is 13.3. The number of nitrogens with one attached hydrogen (secondary N) is 1. The van der Waals surface area contributed by atoms with Gasteiger partial charge in [0.1, 0.15) is 0 Å². The second kappa shape index (κ2) is 51.4. The van der Waals surface area contributed by atoms with Gasteiger partial charge >= 0.3 is 0 Å². The molecule has 350 valence electrons. The number of carbonyl (C=O) groups excluding carboxylic acids is 1. The van der Waals surface area contributed by atoms with E-state index >= 15 is 0 Å². The molecule has 0 aliphatic carbocycles. The van der Waals surface area contributed by atoms with E-state index in [2.05, 4.69) is 67.8 Å². The maximum Gasteiger partial charge on any atom is 0.220 e. The van der Waals surface area contributed by atoms with Crippen molar-refractivity contribution < 1.29 is 15.0 Å². The number of rotatable bonds is 48.